The van der Waals surface area contributed by atoms with Crippen LogP contribution in [0.3, 0.4) is 0 Å². The molecule has 0 bridgehead atoms. The Hall–Kier alpha value is -3.58. The molecule has 0 saturated heterocycles. The maximum absolute atomic E-state index is 14.3. The Balaban J connectivity index is 1.62. The van der Waals surface area contributed by atoms with Gasteiger partial charge in [-0.05, 0) is 19.1 Å². The molecule has 4 aromatic rings. The molecular weight excluding hydrogens is 395 g/mol. The highest BCUT2D eigenvalue weighted by Gasteiger charge is 2.25. The lowest BCUT2D eigenvalue weighted by molar-refractivity contribution is 0.102. The fourth-order valence-corrected chi connectivity index (χ4v) is 3.11. The molecule has 0 unspecified atom stereocenters. The third-order valence-electron chi connectivity index (χ3n) is 4.23. The Morgan fingerprint density at radius 3 is 2.48 bits per heavy atom. The van der Waals surface area contributed by atoms with Crippen LogP contribution in [0.1, 0.15) is 16.1 Å². The van der Waals surface area contributed by atoms with Gasteiger partial charge in [0.2, 0.25) is 0 Å². The average Bonchev–Trinajstić information content (AvgIpc) is 3.10. The zero-order chi connectivity index (χ0) is 20.4. The first kappa shape index (κ1) is 18.8. The summed E-state index contributed by atoms with van der Waals surface area (Å²) >= 11 is 6.11. The minimum Gasteiger partial charge on any atom is -0.360 e. The van der Waals surface area contributed by atoms with Gasteiger partial charge < -0.3 is 9.84 Å². The second-order valence-corrected chi connectivity index (χ2v) is 6.58. The zero-order valence-electron chi connectivity index (χ0n) is 15.2. The van der Waals surface area contributed by atoms with E-state index < -0.39 is 11.7 Å². The summed E-state index contributed by atoms with van der Waals surface area (Å²) in [4.78, 5) is 21.4. The molecule has 0 spiro atoms. The van der Waals surface area contributed by atoms with Crippen LogP contribution in [0.5, 0.6) is 0 Å². The molecule has 1 N–H and O–H groups in total. The van der Waals surface area contributed by atoms with Crippen LogP contribution in [-0.4, -0.2) is 21.0 Å². The molecule has 0 fully saturated rings. The maximum Gasteiger partial charge on any atom is 0.261 e. The molecule has 0 aliphatic carbocycles. The quantitative estimate of drug-likeness (QED) is 0.505. The molecular formula is C21H14ClFN4O2. The minimum atomic E-state index is -0.601. The predicted molar refractivity (Wildman–Crippen MR) is 107 cm³/mol. The number of amides is 1. The van der Waals surface area contributed by atoms with Gasteiger partial charge in [-0.2, -0.15) is 0 Å². The van der Waals surface area contributed by atoms with E-state index in [-0.39, 0.29) is 27.6 Å². The fourth-order valence-electron chi connectivity index (χ4n) is 2.86. The van der Waals surface area contributed by atoms with Gasteiger partial charge in [-0.25, -0.2) is 14.4 Å². The van der Waals surface area contributed by atoms with Gasteiger partial charge in [0.15, 0.2) is 5.82 Å². The molecule has 0 atom stereocenters. The van der Waals surface area contributed by atoms with E-state index in [4.69, 9.17) is 16.1 Å². The summed E-state index contributed by atoms with van der Waals surface area (Å²) in [6.45, 7) is 1.56. The van der Waals surface area contributed by atoms with E-state index in [9.17, 15) is 9.18 Å². The standard InChI is InChI=1S/C21H14ClFN4O2/c1-12-17(19(27-29-12)18-15(22)8-5-9-16(18)23)21(28)26-14-10-24-20(25-11-14)13-6-3-2-4-7-13/h2-11H,1H3,(H,26,28). The Bertz CT molecular complexity index is 1160. The number of hydrogen-bond donors (Lipinski definition) is 1. The first-order chi connectivity index (χ1) is 14.0. The largest absolute Gasteiger partial charge is 0.360 e. The van der Waals surface area contributed by atoms with E-state index in [1.54, 1.807) is 6.92 Å². The number of carbonyl (C=O) groups is 1. The van der Waals surface area contributed by atoms with Crippen molar-refractivity contribution >= 4 is 23.2 Å². The third-order valence-corrected chi connectivity index (χ3v) is 4.55. The van der Waals surface area contributed by atoms with Gasteiger partial charge in [0.05, 0.1) is 28.7 Å². The summed E-state index contributed by atoms with van der Waals surface area (Å²) in [6.07, 6.45) is 2.98. The molecule has 2 aromatic heterocycles. The Kier molecular flexibility index (Phi) is 5.05. The summed E-state index contributed by atoms with van der Waals surface area (Å²) in [7, 11) is 0. The van der Waals surface area contributed by atoms with Gasteiger partial charge >= 0.3 is 0 Å². The molecule has 0 aliphatic heterocycles. The molecule has 8 heteroatoms. The number of carbonyl (C=O) groups excluding carboxylic acids is 1. The smallest absolute Gasteiger partial charge is 0.261 e. The third kappa shape index (κ3) is 3.72. The van der Waals surface area contributed by atoms with Crippen LogP contribution in [0, 0.1) is 12.7 Å². The van der Waals surface area contributed by atoms with E-state index in [1.807, 2.05) is 30.3 Å². The number of nitrogens with one attached hydrogen (secondary N) is 1. The molecule has 144 valence electrons. The average molecular weight is 409 g/mol. The van der Waals surface area contributed by atoms with Gasteiger partial charge in [0.1, 0.15) is 22.8 Å². The van der Waals surface area contributed by atoms with Crippen LogP contribution in [0.4, 0.5) is 10.1 Å². The molecule has 29 heavy (non-hydrogen) atoms. The Labute approximate surface area is 170 Å². The molecule has 0 saturated carbocycles. The van der Waals surface area contributed by atoms with Crippen molar-refractivity contribution in [1.29, 1.82) is 0 Å². The lowest BCUT2D eigenvalue weighted by Gasteiger charge is -2.07. The highest BCUT2D eigenvalue weighted by Crippen LogP contribution is 2.33. The lowest BCUT2D eigenvalue weighted by Crippen LogP contribution is -2.14. The molecule has 0 aliphatic rings. The van der Waals surface area contributed by atoms with Gasteiger partial charge in [0.25, 0.3) is 5.91 Å². The summed E-state index contributed by atoms with van der Waals surface area (Å²) in [5.74, 6) is -0.369. The second kappa shape index (κ2) is 7.81. The van der Waals surface area contributed by atoms with Crippen LogP contribution < -0.4 is 5.32 Å². The van der Waals surface area contributed by atoms with Crippen LogP contribution in [0.25, 0.3) is 22.6 Å². The zero-order valence-corrected chi connectivity index (χ0v) is 15.9. The second-order valence-electron chi connectivity index (χ2n) is 6.17. The van der Waals surface area contributed by atoms with Crippen molar-refractivity contribution in [3.8, 4) is 22.6 Å². The first-order valence-electron chi connectivity index (χ1n) is 8.64. The van der Waals surface area contributed by atoms with Gasteiger partial charge in [-0.1, -0.05) is 53.2 Å². The summed E-state index contributed by atoms with van der Waals surface area (Å²) in [5, 5.41) is 6.64. The monoisotopic (exact) mass is 408 g/mol. The van der Waals surface area contributed by atoms with Crippen molar-refractivity contribution < 1.29 is 13.7 Å². The number of nitrogens with zero attached hydrogens (tertiary/aromatic N) is 3. The number of benzene rings is 2. The Morgan fingerprint density at radius 1 is 1.07 bits per heavy atom. The maximum atomic E-state index is 14.3. The number of aryl methyl sites for hydroxylation is 1. The molecule has 2 aromatic carbocycles. The number of rotatable bonds is 4. The SMILES string of the molecule is Cc1onc(-c2c(F)cccc2Cl)c1C(=O)Nc1cnc(-c2ccccc2)nc1. The molecule has 0 radical (unpaired) electrons. The van der Waals surface area contributed by atoms with E-state index in [1.165, 1.54) is 30.6 Å². The summed E-state index contributed by atoms with van der Waals surface area (Å²) in [6, 6.07) is 13.7. The molecule has 1 amide bonds. The Morgan fingerprint density at radius 2 is 1.79 bits per heavy atom. The van der Waals surface area contributed by atoms with Crippen LogP contribution in [0.2, 0.25) is 5.02 Å². The number of aromatic nitrogens is 3. The van der Waals surface area contributed by atoms with Crippen molar-refractivity contribution in [3.05, 3.63) is 83.1 Å². The normalized spacial score (nSPS) is 10.7. The molecule has 4 rings (SSSR count). The fraction of sp³-hybridized carbons (Fsp3) is 0.0476. The minimum absolute atomic E-state index is 0.00634. The van der Waals surface area contributed by atoms with Crippen molar-refractivity contribution in [3.63, 3.8) is 0 Å². The molecule has 2 heterocycles. The highest BCUT2D eigenvalue weighted by molar-refractivity contribution is 6.33. The van der Waals surface area contributed by atoms with Crippen LogP contribution in [-0.2, 0) is 0 Å². The summed E-state index contributed by atoms with van der Waals surface area (Å²) < 4.78 is 19.4. The number of anilines is 1. The van der Waals surface area contributed by atoms with Crippen molar-refractivity contribution in [1.82, 2.24) is 15.1 Å². The van der Waals surface area contributed by atoms with E-state index in [0.29, 0.717) is 11.5 Å². The van der Waals surface area contributed by atoms with Crippen molar-refractivity contribution in [2.45, 2.75) is 6.92 Å². The first-order valence-corrected chi connectivity index (χ1v) is 9.02. The highest BCUT2D eigenvalue weighted by atomic mass is 35.5. The number of hydrogen-bond acceptors (Lipinski definition) is 5. The van der Waals surface area contributed by atoms with E-state index in [2.05, 4.69) is 20.4 Å². The van der Waals surface area contributed by atoms with Crippen LogP contribution >= 0.6 is 11.6 Å². The lowest BCUT2D eigenvalue weighted by atomic mass is 10.0. The summed E-state index contributed by atoms with van der Waals surface area (Å²) in [5.41, 5.74) is 1.36. The van der Waals surface area contributed by atoms with Crippen molar-refractivity contribution in [2.75, 3.05) is 5.32 Å². The van der Waals surface area contributed by atoms with Crippen molar-refractivity contribution in [2.24, 2.45) is 0 Å². The van der Waals surface area contributed by atoms with Crippen LogP contribution in [0.15, 0.2) is 65.4 Å². The topological polar surface area (TPSA) is 80.9 Å². The predicted octanol–water partition coefficient (Wildman–Crippen LogP) is 5.15. The van der Waals surface area contributed by atoms with E-state index in [0.717, 1.165) is 5.56 Å². The van der Waals surface area contributed by atoms with Gasteiger partial charge in [-0.3, -0.25) is 4.79 Å². The van der Waals surface area contributed by atoms with Gasteiger partial charge in [0, 0.05) is 5.56 Å². The molecule has 6 nitrogen and oxygen atoms in total. The van der Waals surface area contributed by atoms with E-state index >= 15 is 0 Å². The van der Waals surface area contributed by atoms with Gasteiger partial charge in [-0.15, -0.1) is 0 Å². The number of halogens is 2.